The smallest absolute Gasteiger partial charge is 0.355 e. The molecule has 0 unspecified atom stereocenters. The molecule has 11 nitrogen and oxygen atoms in total. The highest BCUT2D eigenvalue weighted by Gasteiger charge is 2.23. The van der Waals surface area contributed by atoms with Gasteiger partial charge in [-0.3, -0.25) is 25.8 Å². The van der Waals surface area contributed by atoms with Gasteiger partial charge in [-0.05, 0) is 48.9 Å². The first-order chi connectivity index (χ1) is 16.9. The van der Waals surface area contributed by atoms with Crippen LogP contribution in [-0.2, 0) is 4.79 Å². The lowest BCUT2D eigenvalue weighted by Crippen LogP contribution is -2.34. The van der Waals surface area contributed by atoms with Gasteiger partial charge in [0.1, 0.15) is 17.8 Å². The molecule has 0 radical (unpaired) electrons. The Hall–Kier alpha value is -3.83. The van der Waals surface area contributed by atoms with E-state index in [1.54, 1.807) is 30.3 Å². The zero-order chi connectivity index (χ0) is 25.2. The molecule has 0 spiro atoms. The molecule has 2 aromatic carbocycles. The molecule has 184 valence electrons. The number of nitrogens with zero attached hydrogens (tertiary/aromatic N) is 3. The van der Waals surface area contributed by atoms with Gasteiger partial charge in [0.05, 0.1) is 16.6 Å². The Morgan fingerprint density at radius 1 is 1.09 bits per heavy atom. The average Bonchev–Trinajstić information content (AvgIpc) is 2.83. The number of nitro groups is 1. The van der Waals surface area contributed by atoms with Crippen molar-refractivity contribution in [3.05, 3.63) is 69.0 Å². The predicted octanol–water partition coefficient (Wildman–Crippen LogP) is 5.14. The molecular weight excluding hydrogens is 499 g/mol. The van der Waals surface area contributed by atoms with Crippen LogP contribution in [0.1, 0.15) is 19.8 Å². The number of hydrogen-bond donors (Lipinski definition) is 3. The van der Waals surface area contributed by atoms with Crippen molar-refractivity contribution in [3.8, 4) is 11.5 Å². The summed E-state index contributed by atoms with van der Waals surface area (Å²) in [6.07, 6.45) is 3.09. The Balaban J connectivity index is 1.63. The Morgan fingerprint density at radius 3 is 2.51 bits per heavy atom. The summed E-state index contributed by atoms with van der Waals surface area (Å²) in [6, 6.07) is 11.5. The molecule has 1 aromatic heterocycles. The van der Waals surface area contributed by atoms with Crippen molar-refractivity contribution in [1.29, 1.82) is 0 Å². The first-order valence-corrected chi connectivity index (χ1v) is 11.2. The first-order valence-electron chi connectivity index (χ1n) is 10.5. The van der Waals surface area contributed by atoms with Crippen LogP contribution in [0.4, 0.5) is 23.0 Å². The normalized spacial score (nSPS) is 10.4. The first kappa shape index (κ1) is 25.8. The fraction of sp³-hybridized carbons (Fsp3) is 0.227. The summed E-state index contributed by atoms with van der Waals surface area (Å²) in [5, 5.41) is 15.3. The van der Waals surface area contributed by atoms with Gasteiger partial charge in [0.2, 0.25) is 11.6 Å². The van der Waals surface area contributed by atoms with Crippen LogP contribution in [0, 0.1) is 10.1 Å². The minimum atomic E-state index is -0.664. The highest BCUT2D eigenvalue weighted by atomic mass is 35.5. The molecule has 1 amide bonds. The number of benzene rings is 2. The van der Waals surface area contributed by atoms with E-state index in [0.717, 1.165) is 19.2 Å². The Kier molecular flexibility index (Phi) is 9.27. The molecule has 0 aliphatic carbocycles. The van der Waals surface area contributed by atoms with Crippen molar-refractivity contribution in [1.82, 2.24) is 15.4 Å². The molecular formula is C22H22Cl2N6O5. The standard InChI is InChI=1S/C22H22Cl2N6O5/c1-2-3-10-34-16-7-5-15(6-8-16)27-21-20(30(32)33)22(26-13-25-21)29-28-19(31)12-35-18-9-4-14(23)11-17(18)24/h4-9,11,13H,2-3,10,12H2,1H3,(H,28,31)(H2,25,26,27,29). The summed E-state index contributed by atoms with van der Waals surface area (Å²) in [5.74, 6) is 0.0356. The molecule has 3 aromatic rings. The van der Waals surface area contributed by atoms with E-state index in [-0.39, 0.29) is 22.4 Å². The largest absolute Gasteiger partial charge is 0.494 e. The minimum absolute atomic E-state index is 0.0643. The Morgan fingerprint density at radius 2 is 1.83 bits per heavy atom. The molecule has 0 aliphatic rings. The highest BCUT2D eigenvalue weighted by Crippen LogP contribution is 2.31. The summed E-state index contributed by atoms with van der Waals surface area (Å²) in [6.45, 7) is 2.27. The molecule has 0 saturated carbocycles. The number of hydrogen-bond acceptors (Lipinski definition) is 9. The summed E-state index contributed by atoms with van der Waals surface area (Å²) < 4.78 is 10.9. The molecule has 13 heteroatoms. The fourth-order valence-corrected chi connectivity index (χ4v) is 3.20. The number of nitrogens with one attached hydrogen (secondary N) is 3. The van der Waals surface area contributed by atoms with Gasteiger partial charge in [-0.1, -0.05) is 36.5 Å². The summed E-state index contributed by atoms with van der Waals surface area (Å²) in [5.41, 5.74) is 4.82. The lowest BCUT2D eigenvalue weighted by atomic mass is 10.3. The van der Waals surface area contributed by atoms with Gasteiger partial charge in [0.25, 0.3) is 5.91 Å². The number of carbonyl (C=O) groups is 1. The number of anilines is 3. The van der Waals surface area contributed by atoms with E-state index in [4.69, 9.17) is 32.7 Å². The number of aromatic nitrogens is 2. The number of ether oxygens (including phenoxy) is 2. The van der Waals surface area contributed by atoms with Crippen molar-refractivity contribution in [3.63, 3.8) is 0 Å². The summed E-state index contributed by atoms with van der Waals surface area (Å²) in [7, 11) is 0. The van der Waals surface area contributed by atoms with E-state index in [9.17, 15) is 14.9 Å². The van der Waals surface area contributed by atoms with E-state index in [1.165, 1.54) is 12.1 Å². The van der Waals surface area contributed by atoms with E-state index >= 15 is 0 Å². The van der Waals surface area contributed by atoms with Gasteiger partial charge in [0, 0.05) is 10.7 Å². The number of rotatable bonds is 12. The lowest BCUT2D eigenvalue weighted by Gasteiger charge is -2.12. The molecule has 0 fully saturated rings. The molecule has 0 saturated heterocycles. The van der Waals surface area contributed by atoms with Crippen molar-refractivity contribution in [2.75, 3.05) is 24.0 Å². The zero-order valence-corrected chi connectivity index (χ0v) is 20.1. The fourth-order valence-electron chi connectivity index (χ4n) is 2.74. The van der Waals surface area contributed by atoms with Gasteiger partial charge in [-0.2, -0.15) is 0 Å². The average molecular weight is 521 g/mol. The van der Waals surface area contributed by atoms with Gasteiger partial charge in [-0.25, -0.2) is 9.97 Å². The maximum absolute atomic E-state index is 12.1. The third-order valence-electron chi connectivity index (χ3n) is 4.46. The van der Waals surface area contributed by atoms with Crippen LogP contribution < -0.4 is 25.6 Å². The monoisotopic (exact) mass is 520 g/mol. The van der Waals surface area contributed by atoms with Crippen LogP contribution >= 0.6 is 23.2 Å². The van der Waals surface area contributed by atoms with Crippen LogP contribution in [0.3, 0.4) is 0 Å². The summed E-state index contributed by atoms with van der Waals surface area (Å²) in [4.78, 5) is 31.0. The molecule has 35 heavy (non-hydrogen) atoms. The van der Waals surface area contributed by atoms with Crippen LogP contribution in [0.25, 0.3) is 0 Å². The van der Waals surface area contributed by atoms with E-state index in [0.29, 0.717) is 23.1 Å². The van der Waals surface area contributed by atoms with Crippen LogP contribution in [0.5, 0.6) is 11.5 Å². The molecule has 0 atom stereocenters. The number of amides is 1. The van der Waals surface area contributed by atoms with Crippen molar-refractivity contribution < 1.29 is 19.2 Å². The second-order valence-corrected chi connectivity index (χ2v) is 7.91. The van der Waals surface area contributed by atoms with Crippen LogP contribution in [0.2, 0.25) is 10.0 Å². The number of hydrazine groups is 1. The number of carbonyl (C=O) groups excluding carboxylic acids is 1. The second-order valence-electron chi connectivity index (χ2n) is 7.06. The quantitative estimate of drug-likeness (QED) is 0.168. The van der Waals surface area contributed by atoms with Gasteiger partial charge in [-0.15, -0.1) is 0 Å². The third kappa shape index (κ3) is 7.59. The molecule has 1 heterocycles. The molecule has 0 aliphatic heterocycles. The number of unbranched alkanes of at least 4 members (excludes halogenated alkanes) is 1. The maximum Gasteiger partial charge on any atom is 0.355 e. The van der Waals surface area contributed by atoms with Gasteiger partial charge >= 0.3 is 5.69 Å². The zero-order valence-electron chi connectivity index (χ0n) is 18.6. The SMILES string of the molecule is CCCCOc1ccc(Nc2ncnc(NNC(=O)COc3ccc(Cl)cc3Cl)c2[N+](=O)[O-])cc1. The van der Waals surface area contributed by atoms with E-state index < -0.39 is 23.1 Å². The van der Waals surface area contributed by atoms with Crippen LogP contribution in [-0.4, -0.2) is 34.0 Å². The number of halogens is 2. The molecule has 3 rings (SSSR count). The predicted molar refractivity (Wildman–Crippen MR) is 133 cm³/mol. The Bertz CT molecular complexity index is 1180. The van der Waals surface area contributed by atoms with Crippen molar-refractivity contribution in [2.45, 2.75) is 19.8 Å². The lowest BCUT2D eigenvalue weighted by molar-refractivity contribution is -0.383. The topological polar surface area (TPSA) is 141 Å². The molecule has 3 N–H and O–H groups in total. The van der Waals surface area contributed by atoms with Crippen molar-refractivity contribution >= 4 is 52.1 Å². The maximum atomic E-state index is 12.1. The van der Waals surface area contributed by atoms with E-state index in [1.807, 2.05) is 0 Å². The highest BCUT2D eigenvalue weighted by molar-refractivity contribution is 6.35. The Labute approximate surface area is 210 Å². The molecule has 0 bridgehead atoms. The summed E-state index contributed by atoms with van der Waals surface area (Å²) >= 11 is 11.8. The van der Waals surface area contributed by atoms with Crippen molar-refractivity contribution in [2.24, 2.45) is 0 Å². The van der Waals surface area contributed by atoms with E-state index in [2.05, 4.69) is 33.1 Å². The third-order valence-corrected chi connectivity index (χ3v) is 4.99. The van der Waals surface area contributed by atoms with Crippen LogP contribution in [0.15, 0.2) is 48.8 Å². The van der Waals surface area contributed by atoms with Gasteiger partial charge < -0.3 is 14.8 Å². The second kappa shape index (κ2) is 12.6. The minimum Gasteiger partial charge on any atom is -0.494 e. The van der Waals surface area contributed by atoms with Gasteiger partial charge in [0.15, 0.2) is 6.61 Å².